The third-order valence-electron chi connectivity index (χ3n) is 4.92. The van der Waals surface area contributed by atoms with Gasteiger partial charge in [-0.05, 0) is 50.6 Å². The maximum atomic E-state index is 15.0. The Morgan fingerprint density at radius 3 is 2.21 bits per heavy atom. The van der Waals surface area contributed by atoms with Crippen LogP contribution >= 0.6 is 11.8 Å². The number of rotatable bonds is 6. The zero-order valence-electron chi connectivity index (χ0n) is 18.7. The van der Waals surface area contributed by atoms with Gasteiger partial charge in [0.15, 0.2) is 10.7 Å². The monoisotopic (exact) mass is 496 g/mol. The van der Waals surface area contributed by atoms with Crippen LogP contribution in [0.4, 0.5) is 22.0 Å². The molecule has 11 heteroatoms. The van der Waals surface area contributed by atoms with Crippen molar-refractivity contribution >= 4 is 17.7 Å². The Labute approximate surface area is 197 Å². The summed E-state index contributed by atoms with van der Waals surface area (Å²) in [5, 5.41) is 7.71. The summed E-state index contributed by atoms with van der Waals surface area (Å²) in [5.74, 6) is -3.98. The second-order valence-corrected chi connectivity index (χ2v) is 8.88. The molecule has 3 aromatic rings. The molecule has 0 unspecified atom stereocenters. The van der Waals surface area contributed by atoms with Crippen LogP contribution in [0, 0.1) is 20.8 Å². The highest BCUT2D eigenvalue weighted by molar-refractivity contribution is 7.99. The first-order valence-corrected chi connectivity index (χ1v) is 10.9. The van der Waals surface area contributed by atoms with Gasteiger partial charge in [0.1, 0.15) is 5.82 Å². The van der Waals surface area contributed by atoms with E-state index >= 15 is 0 Å². The summed E-state index contributed by atoms with van der Waals surface area (Å²) in [4.78, 5) is 18.3. The van der Waals surface area contributed by atoms with Gasteiger partial charge in [-0.1, -0.05) is 35.5 Å². The van der Waals surface area contributed by atoms with Crippen molar-refractivity contribution in [2.24, 2.45) is 0 Å². The second kappa shape index (κ2) is 9.65. The Morgan fingerprint density at radius 2 is 1.62 bits per heavy atom. The number of carbonyl (C=O) groups is 1. The lowest BCUT2D eigenvalue weighted by atomic mass is 10.00. The third kappa shape index (κ3) is 5.88. The van der Waals surface area contributed by atoms with Crippen molar-refractivity contribution in [3.8, 4) is 0 Å². The summed E-state index contributed by atoms with van der Waals surface area (Å²) in [6, 6.07) is 8.80. The predicted molar refractivity (Wildman–Crippen MR) is 117 cm³/mol. The van der Waals surface area contributed by atoms with E-state index in [0.717, 1.165) is 34.4 Å². The number of benzene rings is 2. The standard InChI is InChI=1S/C23H21F5N4OS/c1-13-5-10-18(14(2)11-13)22(24,25)12-32(4)21(33)19-20(31-30-15(3)29-19)34-17-8-6-16(7-9-17)23(26,27)28/h5-11H,12H2,1-4H3. The van der Waals surface area contributed by atoms with Crippen LogP contribution in [0.1, 0.15) is 38.6 Å². The van der Waals surface area contributed by atoms with Gasteiger partial charge in [-0.2, -0.15) is 22.0 Å². The van der Waals surface area contributed by atoms with Gasteiger partial charge in [0, 0.05) is 17.5 Å². The molecule has 1 aromatic heterocycles. The molecule has 180 valence electrons. The number of halogens is 5. The summed E-state index contributed by atoms with van der Waals surface area (Å²) in [7, 11) is 1.23. The number of hydrogen-bond donors (Lipinski definition) is 0. The molecule has 5 nitrogen and oxygen atoms in total. The molecule has 3 rings (SSSR count). The number of likely N-dealkylation sites (N-methyl/N-ethyl adjacent to an activating group) is 1. The van der Waals surface area contributed by atoms with Crippen LogP contribution in [0.15, 0.2) is 52.4 Å². The molecule has 0 aliphatic carbocycles. The molecular formula is C23H21F5N4OS. The van der Waals surface area contributed by atoms with Crippen LogP contribution < -0.4 is 0 Å². The molecule has 0 saturated carbocycles. The van der Waals surface area contributed by atoms with Crippen molar-refractivity contribution in [2.45, 2.75) is 42.8 Å². The summed E-state index contributed by atoms with van der Waals surface area (Å²) in [6.07, 6.45) is -4.49. The zero-order valence-corrected chi connectivity index (χ0v) is 19.6. The average Bonchev–Trinajstić information content (AvgIpc) is 2.73. The van der Waals surface area contributed by atoms with Crippen LogP contribution in [0.25, 0.3) is 0 Å². The smallest absolute Gasteiger partial charge is 0.334 e. The van der Waals surface area contributed by atoms with Crippen LogP contribution in [-0.2, 0) is 12.1 Å². The summed E-state index contributed by atoms with van der Waals surface area (Å²) in [6.45, 7) is 3.96. The first kappa shape index (κ1) is 25.5. The van der Waals surface area contributed by atoms with E-state index in [-0.39, 0.29) is 22.1 Å². The Kier molecular flexibility index (Phi) is 7.25. The highest BCUT2D eigenvalue weighted by Crippen LogP contribution is 2.35. The van der Waals surface area contributed by atoms with Gasteiger partial charge in [-0.3, -0.25) is 4.79 Å². The van der Waals surface area contributed by atoms with E-state index in [9.17, 15) is 26.7 Å². The van der Waals surface area contributed by atoms with Gasteiger partial charge < -0.3 is 4.90 Å². The second-order valence-electron chi connectivity index (χ2n) is 7.82. The highest BCUT2D eigenvalue weighted by atomic mass is 32.2. The quantitative estimate of drug-likeness (QED) is 0.402. The lowest BCUT2D eigenvalue weighted by Gasteiger charge is -2.25. The first-order chi connectivity index (χ1) is 15.8. The number of carbonyl (C=O) groups excluding carboxylic acids is 1. The first-order valence-electron chi connectivity index (χ1n) is 10.1. The molecule has 0 spiro atoms. The van der Waals surface area contributed by atoms with E-state index in [0.29, 0.717) is 10.5 Å². The molecule has 0 fully saturated rings. The molecule has 0 atom stereocenters. The third-order valence-corrected chi connectivity index (χ3v) is 5.90. The minimum atomic E-state index is -4.49. The van der Waals surface area contributed by atoms with E-state index in [2.05, 4.69) is 15.2 Å². The van der Waals surface area contributed by atoms with Crippen LogP contribution in [-0.4, -0.2) is 39.6 Å². The molecule has 1 amide bonds. The Balaban J connectivity index is 1.84. The molecule has 0 radical (unpaired) electrons. The number of nitrogens with zero attached hydrogens (tertiary/aromatic N) is 4. The number of hydrogen-bond acceptors (Lipinski definition) is 5. The summed E-state index contributed by atoms with van der Waals surface area (Å²) in [5.41, 5.74) is 0.0259. The van der Waals surface area contributed by atoms with Crippen molar-refractivity contribution in [2.75, 3.05) is 13.6 Å². The van der Waals surface area contributed by atoms with Crippen molar-refractivity contribution < 1.29 is 26.7 Å². The molecule has 0 aliphatic rings. The zero-order chi connectivity index (χ0) is 25.3. The van der Waals surface area contributed by atoms with Gasteiger partial charge in [-0.25, -0.2) is 4.98 Å². The van der Waals surface area contributed by atoms with E-state index in [1.165, 1.54) is 32.2 Å². The molecule has 0 saturated heterocycles. The topological polar surface area (TPSA) is 59.0 Å². The summed E-state index contributed by atoms with van der Waals surface area (Å²) < 4.78 is 68.4. The van der Waals surface area contributed by atoms with Crippen LogP contribution in [0.3, 0.4) is 0 Å². The van der Waals surface area contributed by atoms with Gasteiger partial charge in [0.25, 0.3) is 11.8 Å². The number of alkyl halides is 5. The molecule has 0 aliphatic heterocycles. The molecule has 0 bridgehead atoms. The fourth-order valence-electron chi connectivity index (χ4n) is 3.29. The van der Waals surface area contributed by atoms with E-state index in [4.69, 9.17) is 0 Å². The molecule has 1 heterocycles. The van der Waals surface area contributed by atoms with Gasteiger partial charge >= 0.3 is 6.18 Å². The van der Waals surface area contributed by atoms with Gasteiger partial charge in [0.2, 0.25) is 0 Å². The van der Waals surface area contributed by atoms with Crippen molar-refractivity contribution in [3.63, 3.8) is 0 Å². The molecule has 34 heavy (non-hydrogen) atoms. The Morgan fingerprint density at radius 1 is 0.971 bits per heavy atom. The summed E-state index contributed by atoms with van der Waals surface area (Å²) >= 11 is 0.868. The Bertz CT molecular complexity index is 1200. The van der Waals surface area contributed by atoms with E-state index in [1.807, 2.05) is 0 Å². The van der Waals surface area contributed by atoms with Crippen molar-refractivity contribution in [1.82, 2.24) is 20.1 Å². The van der Waals surface area contributed by atoms with E-state index < -0.39 is 30.1 Å². The number of aryl methyl sites for hydroxylation is 3. The number of aromatic nitrogens is 3. The van der Waals surface area contributed by atoms with Crippen LogP contribution in [0.5, 0.6) is 0 Å². The van der Waals surface area contributed by atoms with E-state index in [1.54, 1.807) is 26.0 Å². The average molecular weight is 497 g/mol. The molecule has 0 N–H and O–H groups in total. The lowest BCUT2D eigenvalue weighted by Crippen LogP contribution is -2.38. The lowest BCUT2D eigenvalue weighted by molar-refractivity contribution is -0.137. The van der Waals surface area contributed by atoms with Crippen molar-refractivity contribution in [3.05, 3.63) is 76.2 Å². The van der Waals surface area contributed by atoms with Crippen LogP contribution in [0.2, 0.25) is 0 Å². The van der Waals surface area contributed by atoms with Gasteiger partial charge in [-0.15, -0.1) is 10.2 Å². The number of amides is 1. The SMILES string of the molecule is Cc1ccc(C(F)(F)CN(C)C(=O)c2nc(C)nnc2Sc2ccc(C(F)(F)F)cc2)c(C)c1. The fourth-order valence-corrected chi connectivity index (χ4v) is 4.10. The van der Waals surface area contributed by atoms with Gasteiger partial charge in [0.05, 0.1) is 12.1 Å². The molecule has 2 aromatic carbocycles. The molecular weight excluding hydrogens is 475 g/mol. The maximum absolute atomic E-state index is 15.0. The Hall–Kier alpha value is -3.08. The highest BCUT2D eigenvalue weighted by Gasteiger charge is 2.37. The fraction of sp³-hybridized carbons (Fsp3) is 0.304. The largest absolute Gasteiger partial charge is 0.416 e. The minimum Gasteiger partial charge on any atom is -0.334 e. The predicted octanol–water partition coefficient (Wildman–Crippen LogP) is 5.83. The normalized spacial score (nSPS) is 12.0. The van der Waals surface area contributed by atoms with Crippen molar-refractivity contribution in [1.29, 1.82) is 0 Å². The maximum Gasteiger partial charge on any atom is 0.416 e. The minimum absolute atomic E-state index is 0.00274.